The molecule has 0 bridgehead atoms. The van der Waals surface area contributed by atoms with Gasteiger partial charge in [0.1, 0.15) is 18.4 Å². The van der Waals surface area contributed by atoms with Gasteiger partial charge in [0.15, 0.2) is 0 Å². The molecule has 1 fully saturated rings. The molecule has 5 rings (SSSR count). The fourth-order valence-corrected chi connectivity index (χ4v) is 4.57. The molecule has 2 N–H and O–H groups in total. The number of benzene rings is 2. The van der Waals surface area contributed by atoms with Gasteiger partial charge in [-0.2, -0.15) is 0 Å². The molecular weight excluding hydrogens is 428 g/mol. The first-order valence-corrected chi connectivity index (χ1v) is 11.5. The van der Waals surface area contributed by atoms with Gasteiger partial charge in [0.25, 0.3) is 0 Å². The van der Waals surface area contributed by atoms with Gasteiger partial charge < -0.3 is 14.8 Å². The highest BCUT2D eigenvalue weighted by atomic mass is 16.5. The summed E-state index contributed by atoms with van der Waals surface area (Å²) in [6.07, 6.45) is 3.63. The van der Waals surface area contributed by atoms with Crippen LogP contribution in [0.15, 0.2) is 79.1 Å². The summed E-state index contributed by atoms with van der Waals surface area (Å²) in [5.74, 6) is -0.0803. The number of rotatable bonds is 8. The number of pyridine rings is 1. The minimum atomic E-state index is -0.830. The molecule has 1 aliphatic rings. The van der Waals surface area contributed by atoms with Crippen molar-refractivity contribution in [3.05, 3.63) is 95.9 Å². The topological polar surface area (TPSA) is 81.7 Å². The van der Waals surface area contributed by atoms with Crippen LogP contribution < -0.4 is 4.74 Å². The Morgan fingerprint density at radius 2 is 1.82 bits per heavy atom. The molecular formula is C27H28N4O3. The van der Waals surface area contributed by atoms with Crippen molar-refractivity contribution in [2.24, 2.45) is 0 Å². The lowest BCUT2D eigenvalue weighted by molar-refractivity contribution is -0.144. The zero-order valence-electron chi connectivity index (χ0n) is 18.9. The van der Waals surface area contributed by atoms with Crippen molar-refractivity contribution in [3.8, 4) is 5.75 Å². The smallest absolute Gasteiger partial charge is 0.325 e. The number of carboxylic acid groups (broad SMARTS) is 1. The van der Waals surface area contributed by atoms with Gasteiger partial charge in [0.2, 0.25) is 0 Å². The Morgan fingerprint density at radius 3 is 2.56 bits per heavy atom. The van der Waals surface area contributed by atoms with E-state index in [9.17, 15) is 9.90 Å². The number of piperazine rings is 1. The van der Waals surface area contributed by atoms with Gasteiger partial charge in [0.05, 0.1) is 5.69 Å². The summed E-state index contributed by atoms with van der Waals surface area (Å²) in [4.78, 5) is 24.4. The van der Waals surface area contributed by atoms with Crippen LogP contribution >= 0.6 is 0 Å². The van der Waals surface area contributed by atoms with E-state index in [1.165, 1.54) is 0 Å². The highest BCUT2D eigenvalue weighted by Crippen LogP contribution is 2.31. The number of nitrogens with one attached hydrogen (secondary N) is 1. The number of H-pyrrole nitrogens is 1. The first kappa shape index (κ1) is 22.1. The molecule has 0 spiro atoms. The lowest BCUT2D eigenvalue weighted by atomic mass is 10.0. The van der Waals surface area contributed by atoms with Crippen LogP contribution in [0, 0.1) is 0 Å². The summed E-state index contributed by atoms with van der Waals surface area (Å²) in [6, 6.07) is 21.1. The molecule has 1 atom stereocenters. The van der Waals surface area contributed by atoms with Crippen LogP contribution in [0.25, 0.3) is 10.9 Å². The summed E-state index contributed by atoms with van der Waals surface area (Å²) in [7, 11) is 0. The van der Waals surface area contributed by atoms with Crippen molar-refractivity contribution < 1.29 is 14.6 Å². The zero-order chi connectivity index (χ0) is 23.3. The highest BCUT2D eigenvalue weighted by Gasteiger charge is 2.32. The van der Waals surface area contributed by atoms with Gasteiger partial charge in [-0.05, 0) is 29.8 Å². The van der Waals surface area contributed by atoms with Crippen LogP contribution in [-0.2, 0) is 17.9 Å². The van der Waals surface area contributed by atoms with Crippen LogP contribution in [-0.4, -0.2) is 57.0 Å². The average molecular weight is 457 g/mol. The van der Waals surface area contributed by atoms with E-state index in [0.29, 0.717) is 19.7 Å². The van der Waals surface area contributed by atoms with Gasteiger partial charge >= 0.3 is 5.97 Å². The second-order valence-corrected chi connectivity index (χ2v) is 8.60. The summed E-state index contributed by atoms with van der Waals surface area (Å²) in [5, 5.41) is 11.0. The monoisotopic (exact) mass is 456 g/mol. The van der Waals surface area contributed by atoms with Crippen molar-refractivity contribution in [1.29, 1.82) is 0 Å². The van der Waals surface area contributed by atoms with Gasteiger partial charge in [-0.25, -0.2) is 0 Å². The molecule has 34 heavy (non-hydrogen) atoms. The van der Waals surface area contributed by atoms with Crippen molar-refractivity contribution >= 4 is 16.9 Å². The Bertz CT molecular complexity index is 1230. The number of ether oxygens (including phenoxy) is 1. The quantitative estimate of drug-likeness (QED) is 0.416. The summed E-state index contributed by atoms with van der Waals surface area (Å²) in [6.45, 7) is 4.26. The fraction of sp³-hybridized carbons (Fsp3) is 0.259. The Balaban J connectivity index is 1.27. The molecule has 0 saturated carbocycles. The van der Waals surface area contributed by atoms with Crippen molar-refractivity contribution in [1.82, 2.24) is 19.8 Å². The third-order valence-electron chi connectivity index (χ3n) is 6.35. The van der Waals surface area contributed by atoms with E-state index in [0.717, 1.165) is 53.1 Å². The van der Waals surface area contributed by atoms with Crippen LogP contribution in [0.4, 0.5) is 0 Å². The van der Waals surface area contributed by atoms with Gasteiger partial charge in [-0.1, -0.05) is 36.4 Å². The predicted molar refractivity (Wildman–Crippen MR) is 131 cm³/mol. The molecule has 3 heterocycles. The molecule has 1 saturated heterocycles. The molecule has 7 nitrogen and oxygen atoms in total. The Hall–Kier alpha value is -3.68. The summed E-state index contributed by atoms with van der Waals surface area (Å²) < 4.78 is 5.94. The van der Waals surface area contributed by atoms with Gasteiger partial charge in [0, 0.05) is 67.7 Å². The third kappa shape index (κ3) is 4.95. The predicted octanol–water partition coefficient (Wildman–Crippen LogP) is 4.09. The van der Waals surface area contributed by atoms with Crippen LogP contribution in [0.1, 0.15) is 22.9 Å². The molecule has 2 aromatic carbocycles. The molecule has 0 unspecified atom stereocenters. The number of fused-ring (bicyclic) bond motifs is 1. The zero-order valence-corrected chi connectivity index (χ0v) is 18.9. The van der Waals surface area contributed by atoms with Crippen LogP contribution in [0.2, 0.25) is 0 Å². The Morgan fingerprint density at radius 1 is 1.03 bits per heavy atom. The minimum Gasteiger partial charge on any atom is -0.489 e. The van der Waals surface area contributed by atoms with Crippen LogP contribution in [0.5, 0.6) is 5.75 Å². The Labute approximate surface area is 198 Å². The first-order chi connectivity index (χ1) is 16.7. The maximum atomic E-state index is 12.3. The van der Waals surface area contributed by atoms with E-state index in [2.05, 4.69) is 19.8 Å². The van der Waals surface area contributed by atoms with Crippen molar-refractivity contribution in [2.75, 3.05) is 26.2 Å². The van der Waals surface area contributed by atoms with E-state index in [1.807, 2.05) is 72.9 Å². The van der Waals surface area contributed by atoms with Gasteiger partial charge in [-0.3, -0.25) is 19.6 Å². The molecule has 0 aliphatic carbocycles. The van der Waals surface area contributed by atoms with Crippen molar-refractivity contribution in [3.63, 3.8) is 0 Å². The number of aromatic nitrogens is 2. The van der Waals surface area contributed by atoms with E-state index >= 15 is 0 Å². The van der Waals surface area contributed by atoms with E-state index in [1.54, 1.807) is 6.20 Å². The number of nitrogens with zero attached hydrogens (tertiary/aromatic N) is 3. The first-order valence-electron chi connectivity index (χ1n) is 11.5. The largest absolute Gasteiger partial charge is 0.489 e. The molecule has 1 aliphatic heterocycles. The third-order valence-corrected chi connectivity index (χ3v) is 6.35. The summed E-state index contributed by atoms with van der Waals surface area (Å²) >= 11 is 0. The summed E-state index contributed by atoms with van der Waals surface area (Å²) in [5.41, 5.74) is 3.80. The minimum absolute atomic E-state index is 0.487. The lowest BCUT2D eigenvalue weighted by Crippen LogP contribution is -2.48. The average Bonchev–Trinajstić information content (AvgIpc) is 3.28. The Kier molecular flexibility index (Phi) is 6.56. The second-order valence-electron chi connectivity index (χ2n) is 8.60. The van der Waals surface area contributed by atoms with E-state index in [4.69, 9.17) is 4.74 Å². The SMILES string of the molecule is O=C(O)[C@@H](c1c[nH]c2cc(OCc3ccccc3)ccc12)N1CCN(Cc2ccccn2)CC1. The van der Waals surface area contributed by atoms with Gasteiger partial charge in [-0.15, -0.1) is 0 Å². The van der Waals surface area contributed by atoms with Crippen LogP contribution in [0.3, 0.4) is 0 Å². The lowest BCUT2D eigenvalue weighted by Gasteiger charge is -2.37. The fourth-order valence-electron chi connectivity index (χ4n) is 4.57. The molecule has 7 heteroatoms. The normalized spacial score (nSPS) is 15.9. The standard InChI is InChI=1S/C27H28N4O3/c32-27(33)26(31-14-12-30(13-15-31)18-21-8-4-5-11-28-21)24-17-29-25-16-22(9-10-23(24)25)34-19-20-6-2-1-3-7-20/h1-11,16-17,26,29H,12-15,18-19H2,(H,32,33)/t26-/m1/s1. The van der Waals surface area contributed by atoms with E-state index in [-0.39, 0.29) is 0 Å². The van der Waals surface area contributed by atoms with Crippen molar-refractivity contribution in [2.45, 2.75) is 19.2 Å². The molecule has 174 valence electrons. The number of aliphatic carboxylic acids is 1. The van der Waals surface area contributed by atoms with E-state index < -0.39 is 12.0 Å². The maximum Gasteiger partial charge on any atom is 0.325 e. The molecule has 2 aromatic heterocycles. The number of hydrogen-bond donors (Lipinski definition) is 2. The number of carboxylic acids is 1. The number of hydrogen-bond acceptors (Lipinski definition) is 5. The molecule has 0 amide bonds. The number of aromatic amines is 1. The number of carbonyl (C=O) groups is 1. The molecule has 4 aromatic rings. The molecule has 0 radical (unpaired) electrons. The highest BCUT2D eigenvalue weighted by molar-refractivity contribution is 5.90. The maximum absolute atomic E-state index is 12.3. The second kappa shape index (κ2) is 10.1.